The summed E-state index contributed by atoms with van der Waals surface area (Å²) >= 11 is 6.26. The fraction of sp³-hybridized carbons (Fsp3) is 0.333. The van der Waals surface area contributed by atoms with E-state index in [1.165, 1.54) is 23.1 Å². The maximum Gasteiger partial charge on any atom is 0.337 e. The van der Waals surface area contributed by atoms with Crippen LogP contribution < -0.4 is 10.5 Å². The smallest absolute Gasteiger partial charge is 0.337 e. The highest BCUT2D eigenvalue weighted by molar-refractivity contribution is 6.36. The lowest BCUT2D eigenvalue weighted by Gasteiger charge is -2.22. The second-order valence-electron chi connectivity index (χ2n) is 9.63. The number of ether oxygens (including phenoxy) is 1. The first-order chi connectivity index (χ1) is 19.3. The summed E-state index contributed by atoms with van der Waals surface area (Å²) < 4.78 is 6.79. The molecule has 3 amide bonds. The molecule has 0 saturated carbocycles. The van der Waals surface area contributed by atoms with Crippen LogP contribution in [0.25, 0.3) is 0 Å². The summed E-state index contributed by atoms with van der Waals surface area (Å²) in [5.74, 6) is -2.79. The van der Waals surface area contributed by atoms with Crippen LogP contribution in [0, 0.1) is 0 Å². The van der Waals surface area contributed by atoms with Crippen LogP contribution in [-0.4, -0.2) is 73.1 Å². The number of urea groups is 1. The van der Waals surface area contributed by atoms with E-state index in [-0.39, 0.29) is 59.5 Å². The molecule has 1 unspecified atom stereocenters. The Labute approximate surface area is 234 Å². The van der Waals surface area contributed by atoms with Crippen molar-refractivity contribution in [2.45, 2.75) is 38.3 Å². The fourth-order valence-corrected chi connectivity index (χ4v) is 5.04. The van der Waals surface area contributed by atoms with Gasteiger partial charge in [0.05, 0.1) is 16.1 Å². The van der Waals surface area contributed by atoms with Crippen molar-refractivity contribution in [2.24, 2.45) is 5.73 Å². The molecule has 12 nitrogen and oxygen atoms in total. The first kappa shape index (κ1) is 27.3. The average Bonchev–Trinajstić information content (AvgIpc) is 3.71. The third-order valence-electron chi connectivity index (χ3n) is 6.97. The van der Waals surface area contributed by atoms with E-state index in [4.69, 9.17) is 22.1 Å². The van der Waals surface area contributed by atoms with Crippen LogP contribution in [-0.2, 0) is 17.9 Å². The number of carboxylic acid groups (broad SMARTS) is 1. The summed E-state index contributed by atoms with van der Waals surface area (Å²) in [6.45, 7) is 1.72. The zero-order valence-corrected chi connectivity index (χ0v) is 22.2. The highest BCUT2D eigenvalue weighted by Crippen LogP contribution is 2.30. The Morgan fingerprint density at radius 2 is 1.73 bits per heavy atom. The number of imide groups is 1. The van der Waals surface area contributed by atoms with Crippen molar-refractivity contribution in [1.82, 2.24) is 24.6 Å². The van der Waals surface area contributed by atoms with E-state index in [1.807, 2.05) is 24.3 Å². The molecule has 0 radical (unpaired) electrons. The first-order valence-electron chi connectivity index (χ1n) is 12.8. The summed E-state index contributed by atoms with van der Waals surface area (Å²) in [5.41, 5.74) is 7.03. The molecular formula is C27H27ClN6O6. The van der Waals surface area contributed by atoms with Crippen molar-refractivity contribution in [1.29, 1.82) is 0 Å². The third kappa shape index (κ3) is 5.40. The van der Waals surface area contributed by atoms with Crippen LogP contribution in [0.2, 0.25) is 5.02 Å². The zero-order valence-electron chi connectivity index (χ0n) is 21.5. The Morgan fingerprint density at radius 3 is 2.40 bits per heavy atom. The number of hydrogen-bond donors (Lipinski definition) is 2. The van der Waals surface area contributed by atoms with E-state index in [1.54, 1.807) is 4.90 Å². The molecule has 2 fully saturated rings. The van der Waals surface area contributed by atoms with Gasteiger partial charge in [-0.3, -0.25) is 14.5 Å². The number of hydrogen-bond acceptors (Lipinski definition) is 8. The number of likely N-dealkylation sites (tertiary alicyclic amines) is 2. The lowest BCUT2D eigenvalue weighted by molar-refractivity contribution is -0.125. The van der Waals surface area contributed by atoms with Crippen molar-refractivity contribution < 1.29 is 29.0 Å². The van der Waals surface area contributed by atoms with Crippen molar-refractivity contribution in [3.8, 4) is 6.01 Å². The number of nitrogens with two attached hydrogens (primary N) is 1. The van der Waals surface area contributed by atoms with Gasteiger partial charge < -0.3 is 20.5 Å². The number of halogens is 1. The van der Waals surface area contributed by atoms with Crippen LogP contribution in [0.15, 0.2) is 42.5 Å². The maximum absolute atomic E-state index is 13.5. The molecule has 1 aromatic heterocycles. The van der Waals surface area contributed by atoms with Crippen molar-refractivity contribution in [2.75, 3.05) is 19.6 Å². The van der Waals surface area contributed by atoms with Crippen molar-refractivity contribution in [3.05, 3.63) is 75.6 Å². The van der Waals surface area contributed by atoms with Gasteiger partial charge in [0.25, 0.3) is 5.91 Å². The van der Waals surface area contributed by atoms with Gasteiger partial charge in [-0.1, -0.05) is 41.9 Å². The van der Waals surface area contributed by atoms with E-state index in [0.717, 1.165) is 28.7 Å². The van der Waals surface area contributed by atoms with E-state index < -0.39 is 17.8 Å². The van der Waals surface area contributed by atoms with E-state index >= 15 is 0 Å². The zero-order chi connectivity index (χ0) is 28.4. The van der Waals surface area contributed by atoms with Gasteiger partial charge in [-0.2, -0.15) is 4.98 Å². The topological polar surface area (TPSA) is 161 Å². The lowest BCUT2D eigenvalue weighted by Crippen LogP contribution is -2.42. The second kappa shape index (κ2) is 11.4. The Bertz CT molecular complexity index is 1470. The minimum absolute atomic E-state index is 0.00691. The van der Waals surface area contributed by atoms with E-state index in [0.29, 0.717) is 19.6 Å². The number of carbonyl (C=O) groups is 4. The third-order valence-corrected chi connectivity index (χ3v) is 7.38. The van der Waals surface area contributed by atoms with Crippen LogP contribution >= 0.6 is 11.6 Å². The van der Waals surface area contributed by atoms with Crippen molar-refractivity contribution >= 4 is 35.4 Å². The molecule has 0 spiro atoms. The minimum atomic E-state index is -1.29. The predicted octanol–water partition coefficient (Wildman–Crippen LogP) is 2.89. The highest BCUT2D eigenvalue weighted by atomic mass is 35.5. The SMILES string of the molecule is NCc1ccc(COc2nc(C3CC(=O)N(C(=O)N4CCCC4)C3)nn2C(=O)c2cccc(C(=O)O)c2Cl)cc1. The first-order valence-corrected chi connectivity index (χ1v) is 13.2. The van der Waals surface area contributed by atoms with Gasteiger partial charge in [-0.15, -0.1) is 9.78 Å². The molecule has 208 valence electrons. The summed E-state index contributed by atoms with van der Waals surface area (Å²) in [7, 11) is 0. The number of aromatic nitrogens is 3. The Kier molecular flexibility index (Phi) is 7.81. The Balaban J connectivity index is 1.44. The number of benzene rings is 2. The molecule has 13 heteroatoms. The number of nitrogens with zero attached hydrogens (tertiary/aromatic N) is 5. The van der Waals surface area contributed by atoms with Crippen LogP contribution in [0.3, 0.4) is 0 Å². The molecule has 1 atom stereocenters. The molecule has 3 N–H and O–H groups in total. The predicted molar refractivity (Wildman–Crippen MR) is 142 cm³/mol. The van der Waals surface area contributed by atoms with Crippen molar-refractivity contribution in [3.63, 3.8) is 0 Å². The van der Waals surface area contributed by atoms with Crippen LogP contribution in [0.5, 0.6) is 6.01 Å². The average molecular weight is 567 g/mol. The largest absolute Gasteiger partial charge is 0.478 e. The molecule has 2 aromatic carbocycles. The number of aromatic carboxylic acids is 1. The van der Waals surface area contributed by atoms with Gasteiger partial charge in [-0.05, 0) is 36.1 Å². The standard InChI is InChI=1S/C27H27ClN6O6/c28-22-19(4-3-5-20(22)25(37)38)24(36)34-26(40-15-17-8-6-16(13-29)7-9-17)30-23(31-34)18-12-21(35)33(14-18)27(39)32-10-1-2-11-32/h3-9,18H,1-2,10-15,29H2,(H,37,38). The minimum Gasteiger partial charge on any atom is -0.478 e. The van der Waals surface area contributed by atoms with Gasteiger partial charge >= 0.3 is 18.0 Å². The van der Waals surface area contributed by atoms with Crippen LogP contribution in [0.4, 0.5) is 4.79 Å². The van der Waals surface area contributed by atoms with Gasteiger partial charge in [0.15, 0.2) is 5.82 Å². The quantitative estimate of drug-likeness (QED) is 0.438. The van der Waals surface area contributed by atoms with Gasteiger partial charge in [0.2, 0.25) is 5.91 Å². The normalized spacial score (nSPS) is 16.9. The summed E-state index contributed by atoms with van der Waals surface area (Å²) in [6, 6.07) is 10.9. The van der Waals surface area contributed by atoms with Gasteiger partial charge in [0, 0.05) is 38.5 Å². The van der Waals surface area contributed by atoms with Gasteiger partial charge in [0.1, 0.15) is 6.61 Å². The monoisotopic (exact) mass is 566 g/mol. The molecule has 40 heavy (non-hydrogen) atoms. The summed E-state index contributed by atoms with van der Waals surface area (Å²) in [4.78, 5) is 58.0. The number of rotatable bonds is 7. The lowest BCUT2D eigenvalue weighted by atomic mass is 10.1. The van der Waals surface area contributed by atoms with E-state index in [9.17, 15) is 24.3 Å². The highest BCUT2D eigenvalue weighted by Gasteiger charge is 2.40. The summed E-state index contributed by atoms with van der Waals surface area (Å²) in [6.07, 6.45) is 1.78. The Hall–Kier alpha value is -4.29. The number of amides is 3. The molecule has 2 saturated heterocycles. The van der Waals surface area contributed by atoms with Crippen LogP contribution in [0.1, 0.15) is 62.8 Å². The van der Waals surface area contributed by atoms with Gasteiger partial charge in [-0.25, -0.2) is 9.59 Å². The maximum atomic E-state index is 13.5. The molecule has 2 aliphatic heterocycles. The second-order valence-corrected chi connectivity index (χ2v) is 10.0. The van der Waals surface area contributed by atoms with E-state index in [2.05, 4.69) is 10.1 Å². The molecule has 0 aliphatic carbocycles. The summed E-state index contributed by atoms with van der Waals surface area (Å²) in [5, 5.41) is 13.5. The number of carboxylic acids is 1. The molecular weight excluding hydrogens is 540 g/mol. The fourth-order valence-electron chi connectivity index (χ4n) is 4.75. The molecule has 3 heterocycles. The molecule has 0 bridgehead atoms. The molecule has 5 rings (SSSR count). The number of carbonyl (C=O) groups excluding carboxylic acids is 3. The Morgan fingerprint density at radius 1 is 1.05 bits per heavy atom. The molecule has 2 aliphatic rings. The molecule has 3 aromatic rings.